The summed E-state index contributed by atoms with van der Waals surface area (Å²) in [4.78, 5) is 6.60. The van der Waals surface area contributed by atoms with E-state index >= 15 is 0 Å². The van der Waals surface area contributed by atoms with Crippen molar-refractivity contribution in [2.45, 2.75) is 26.4 Å². The zero-order valence-corrected chi connectivity index (χ0v) is 13.6. The molecule has 20 heavy (non-hydrogen) atoms. The second kappa shape index (κ2) is 5.58. The fraction of sp³-hybridized carbons (Fsp3) is 0.400. The van der Waals surface area contributed by atoms with Crippen molar-refractivity contribution in [1.82, 2.24) is 4.98 Å². The molecule has 1 heterocycles. The molecule has 0 spiro atoms. The number of benzene rings is 1. The largest absolute Gasteiger partial charge is 0.398 e. The number of anilines is 2. The first-order valence-corrected chi connectivity index (χ1v) is 7.42. The minimum Gasteiger partial charge on any atom is -0.398 e. The molecular weight excluding hydrogens is 318 g/mol. The van der Waals surface area contributed by atoms with Crippen LogP contribution in [0, 0.1) is 0 Å². The Morgan fingerprint density at radius 1 is 1.40 bits per heavy atom. The Morgan fingerprint density at radius 3 is 2.70 bits per heavy atom. The summed E-state index contributed by atoms with van der Waals surface area (Å²) in [6, 6.07) is 5.83. The zero-order chi connectivity index (χ0) is 14.9. The Balaban J connectivity index is 2.56. The van der Waals surface area contributed by atoms with Crippen LogP contribution in [0.1, 0.15) is 20.8 Å². The molecule has 108 valence electrons. The lowest BCUT2D eigenvalue weighted by atomic mass is 10.1. The van der Waals surface area contributed by atoms with Crippen LogP contribution >= 0.6 is 15.9 Å². The number of rotatable bonds is 4. The standard InChI is InChI=1S/C15H20BrN3O/c1-4-19(9-15(2,3)20)13-6-5-12(17)11-7-10(16)8-18-14(11)13/h5-8,20H,4,9,17H2,1-3H3. The van der Waals surface area contributed by atoms with E-state index in [0.29, 0.717) is 12.2 Å². The molecule has 5 heteroatoms. The van der Waals surface area contributed by atoms with Crippen LogP contribution in [0.5, 0.6) is 0 Å². The summed E-state index contributed by atoms with van der Waals surface area (Å²) in [5, 5.41) is 11.0. The smallest absolute Gasteiger partial charge is 0.0956 e. The lowest BCUT2D eigenvalue weighted by Crippen LogP contribution is -2.38. The molecule has 0 saturated carbocycles. The highest BCUT2D eigenvalue weighted by atomic mass is 79.9. The molecule has 0 aliphatic heterocycles. The van der Waals surface area contributed by atoms with Gasteiger partial charge in [0.1, 0.15) is 0 Å². The van der Waals surface area contributed by atoms with E-state index in [4.69, 9.17) is 5.73 Å². The highest BCUT2D eigenvalue weighted by Crippen LogP contribution is 2.31. The van der Waals surface area contributed by atoms with Gasteiger partial charge in [-0.05, 0) is 54.9 Å². The van der Waals surface area contributed by atoms with Gasteiger partial charge in [-0.15, -0.1) is 0 Å². The summed E-state index contributed by atoms with van der Waals surface area (Å²) < 4.78 is 0.902. The summed E-state index contributed by atoms with van der Waals surface area (Å²) in [5.41, 5.74) is 7.83. The lowest BCUT2D eigenvalue weighted by molar-refractivity contribution is 0.0876. The van der Waals surface area contributed by atoms with E-state index < -0.39 is 5.60 Å². The highest BCUT2D eigenvalue weighted by molar-refractivity contribution is 9.10. The van der Waals surface area contributed by atoms with E-state index in [1.807, 2.05) is 18.2 Å². The number of likely N-dealkylation sites (N-methyl/N-ethyl adjacent to an activating group) is 1. The summed E-state index contributed by atoms with van der Waals surface area (Å²) in [5.74, 6) is 0. The number of aliphatic hydroxyl groups is 1. The third kappa shape index (κ3) is 3.22. The molecule has 0 bridgehead atoms. The predicted octanol–water partition coefficient (Wildman–Crippen LogP) is 3.18. The highest BCUT2D eigenvalue weighted by Gasteiger charge is 2.20. The predicted molar refractivity (Wildman–Crippen MR) is 88.0 cm³/mol. The van der Waals surface area contributed by atoms with E-state index in [1.54, 1.807) is 20.0 Å². The van der Waals surface area contributed by atoms with Gasteiger partial charge in [0.2, 0.25) is 0 Å². The lowest BCUT2D eigenvalue weighted by Gasteiger charge is -2.30. The molecule has 3 N–H and O–H groups in total. The molecule has 0 unspecified atom stereocenters. The van der Waals surface area contributed by atoms with Gasteiger partial charge in [-0.3, -0.25) is 4.98 Å². The van der Waals surface area contributed by atoms with Crippen LogP contribution in [-0.4, -0.2) is 28.8 Å². The van der Waals surface area contributed by atoms with E-state index in [2.05, 4.69) is 32.7 Å². The van der Waals surface area contributed by atoms with Gasteiger partial charge in [-0.25, -0.2) is 0 Å². The monoisotopic (exact) mass is 337 g/mol. The minimum absolute atomic E-state index is 0.542. The molecule has 2 aromatic rings. The minimum atomic E-state index is -0.765. The zero-order valence-electron chi connectivity index (χ0n) is 12.0. The van der Waals surface area contributed by atoms with E-state index in [9.17, 15) is 5.11 Å². The van der Waals surface area contributed by atoms with Crippen molar-refractivity contribution < 1.29 is 5.11 Å². The van der Waals surface area contributed by atoms with Crippen LogP contribution in [-0.2, 0) is 0 Å². The number of pyridine rings is 1. The first kappa shape index (κ1) is 15.1. The number of fused-ring (bicyclic) bond motifs is 1. The normalized spacial score (nSPS) is 11.8. The number of nitrogens with two attached hydrogens (primary N) is 1. The van der Waals surface area contributed by atoms with Gasteiger partial charge < -0.3 is 15.7 Å². The Labute approximate surface area is 127 Å². The van der Waals surface area contributed by atoms with Crippen LogP contribution < -0.4 is 10.6 Å². The van der Waals surface area contributed by atoms with Crippen LogP contribution in [0.15, 0.2) is 28.9 Å². The number of nitrogen functional groups attached to an aromatic ring is 1. The van der Waals surface area contributed by atoms with Crippen molar-refractivity contribution in [3.05, 3.63) is 28.9 Å². The molecule has 0 saturated heterocycles. The number of nitrogens with zero attached hydrogens (tertiary/aromatic N) is 2. The number of hydrogen-bond donors (Lipinski definition) is 2. The molecule has 0 aliphatic rings. The summed E-state index contributed by atoms with van der Waals surface area (Å²) in [7, 11) is 0. The fourth-order valence-corrected chi connectivity index (χ4v) is 2.62. The topological polar surface area (TPSA) is 62.4 Å². The maximum Gasteiger partial charge on any atom is 0.0956 e. The third-order valence-corrected chi connectivity index (χ3v) is 3.56. The third-order valence-electron chi connectivity index (χ3n) is 3.13. The Kier molecular flexibility index (Phi) is 4.20. The molecule has 0 radical (unpaired) electrons. The maximum atomic E-state index is 10.1. The SMILES string of the molecule is CCN(CC(C)(C)O)c1ccc(N)c2cc(Br)cnc12. The van der Waals surface area contributed by atoms with Gasteiger partial charge in [0.05, 0.1) is 16.8 Å². The fourth-order valence-electron chi connectivity index (χ4n) is 2.29. The van der Waals surface area contributed by atoms with E-state index in [0.717, 1.165) is 27.6 Å². The summed E-state index contributed by atoms with van der Waals surface area (Å²) in [6.07, 6.45) is 1.77. The molecular formula is C15H20BrN3O. The van der Waals surface area contributed by atoms with E-state index in [1.165, 1.54) is 0 Å². The molecule has 2 rings (SSSR count). The number of halogens is 1. The van der Waals surface area contributed by atoms with Crippen LogP contribution in [0.4, 0.5) is 11.4 Å². The average molecular weight is 338 g/mol. The Morgan fingerprint density at radius 2 is 2.10 bits per heavy atom. The van der Waals surface area contributed by atoms with Crippen LogP contribution in [0.2, 0.25) is 0 Å². The Hall–Kier alpha value is -1.33. The molecule has 1 aromatic carbocycles. The first-order valence-electron chi connectivity index (χ1n) is 6.63. The van der Waals surface area contributed by atoms with Gasteiger partial charge in [0.15, 0.2) is 0 Å². The van der Waals surface area contributed by atoms with Gasteiger partial charge >= 0.3 is 0 Å². The molecule has 0 atom stereocenters. The first-order chi connectivity index (χ1) is 9.31. The Bertz CT molecular complexity index is 622. The van der Waals surface area contributed by atoms with Crippen molar-refractivity contribution in [2.75, 3.05) is 23.7 Å². The van der Waals surface area contributed by atoms with Gasteiger partial charge in [-0.2, -0.15) is 0 Å². The van der Waals surface area contributed by atoms with Crippen molar-refractivity contribution in [3.63, 3.8) is 0 Å². The van der Waals surface area contributed by atoms with Crippen molar-refractivity contribution in [1.29, 1.82) is 0 Å². The number of hydrogen-bond acceptors (Lipinski definition) is 4. The molecule has 0 fully saturated rings. The number of aromatic nitrogens is 1. The summed E-state index contributed by atoms with van der Waals surface area (Å²) >= 11 is 3.42. The molecule has 1 aromatic heterocycles. The second-order valence-corrected chi connectivity index (χ2v) is 6.47. The van der Waals surface area contributed by atoms with Gasteiger partial charge in [0, 0.05) is 34.8 Å². The van der Waals surface area contributed by atoms with Crippen molar-refractivity contribution in [2.24, 2.45) is 0 Å². The van der Waals surface area contributed by atoms with Gasteiger partial charge in [-0.1, -0.05) is 0 Å². The quantitative estimate of drug-likeness (QED) is 0.841. The molecule has 0 amide bonds. The second-order valence-electron chi connectivity index (χ2n) is 5.55. The van der Waals surface area contributed by atoms with Crippen molar-refractivity contribution >= 4 is 38.2 Å². The van der Waals surface area contributed by atoms with Crippen LogP contribution in [0.25, 0.3) is 10.9 Å². The molecule has 4 nitrogen and oxygen atoms in total. The summed E-state index contributed by atoms with van der Waals surface area (Å²) in [6.45, 7) is 7.01. The maximum absolute atomic E-state index is 10.1. The van der Waals surface area contributed by atoms with Crippen LogP contribution in [0.3, 0.4) is 0 Å². The van der Waals surface area contributed by atoms with Gasteiger partial charge in [0.25, 0.3) is 0 Å². The molecule has 0 aliphatic carbocycles. The van der Waals surface area contributed by atoms with E-state index in [-0.39, 0.29) is 0 Å². The average Bonchev–Trinajstić information content (AvgIpc) is 2.36. The van der Waals surface area contributed by atoms with Crippen molar-refractivity contribution in [3.8, 4) is 0 Å².